The Morgan fingerprint density at radius 2 is 2.25 bits per heavy atom. The Kier molecular flexibility index (Phi) is 3.53. The number of halogens is 1. The van der Waals surface area contributed by atoms with Crippen molar-refractivity contribution in [2.45, 2.75) is 13.1 Å². The average molecular weight is 283 g/mol. The third-order valence-corrected chi connectivity index (χ3v) is 2.47. The highest BCUT2D eigenvalue weighted by Crippen LogP contribution is 2.13. The van der Waals surface area contributed by atoms with Crippen molar-refractivity contribution in [1.82, 2.24) is 10.2 Å². The average Bonchev–Trinajstić information content (AvgIpc) is 2.74. The summed E-state index contributed by atoms with van der Waals surface area (Å²) in [6.45, 7) is 0.886. The fraction of sp³-hybridized carbons (Fsp3) is 0.200. The topological polar surface area (TPSA) is 77.0 Å². The minimum atomic E-state index is 0.256. The fourth-order valence-corrected chi connectivity index (χ4v) is 1.68. The Morgan fingerprint density at radius 1 is 1.38 bits per heavy atom. The van der Waals surface area contributed by atoms with Crippen LogP contribution in [0.15, 0.2) is 33.2 Å². The molecule has 2 rings (SSSR count). The molecular formula is C10H11BrN4O. The first-order chi connectivity index (χ1) is 7.78. The highest BCUT2D eigenvalue weighted by atomic mass is 79.9. The van der Waals surface area contributed by atoms with Gasteiger partial charge in [-0.2, -0.15) is 0 Å². The summed E-state index contributed by atoms with van der Waals surface area (Å²) in [7, 11) is 0. The number of hydrogen-bond acceptors (Lipinski definition) is 5. The molecular weight excluding hydrogens is 272 g/mol. The van der Waals surface area contributed by atoms with Gasteiger partial charge in [-0.25, -0.2) is 0 Å². The molecule has 0 atom stereocenters. The van der Waals surface area contributed by atoms with E-state index < -0.39 is 0 Å². The quantitative estimate of drug-likeness (QED) is 0.896. The Balaban J connectivity index is 1.96. The number of benzene rings is 1. The van der Waals surface area contributed by atoms with Gasteiger partial charge in [-0.3, -0.25) is 0 Å². The summed E-state index contributed by atoms with van der Waals surface area (Å²) in [4.78, 5) is 0. The van der Waals surface area contributed by atoms with Crippen molar-refractivity contribution in [2.24, 2.45) is 5.73 Å². The normalized spacial score (nSPS) is 10.4. The van der Waals surface area contributed by atoms with Crippen molar-refractivity contribution in [3.63, 3.8) is 0 Å². The van der Waals surface area contributed by atoms with Crippen LogP contribution in [0.4, 0.5) is 6.01 Å². The number of hydrogen-bond donors (Lipinski definition) is 2. The molecule has 0 spiro atoms. The maximum Gasteiger partial charge on any atom is 0.315 e. The highest BCUT2D eigenvalue weighted by Gasteiger charge is 2.03. The molecule has 3 N–H and O–H groups in total. The third-order valence-electron chi connectivity index (χ3n) is 1.97. The first kappa shape index (κ1) is 11.1. The second-order valence-corrected chi connectivity index (χ2v) is 4.10. The van der Waals surface area contributed by atoms with Crippen LogP contribution in [0.3, 0.4) is 0 Å². The van der Waals surface area contributed by atoms with Crippen LogP contribution in [-0.2, 0) is 13.1 Å². The molecule has 0 unspecified atom stereocenters. The second-order valence-electron chi connectivity index (χ2n) is 3.19. The first-order valence-electron chi connectivity index (χ1n) is 4.78. The number of anilines is 1. The molecule has 0 radical (unpaired) electrons. The molecule has 1 heterocycles. The van der Waals surface area contributed by atoms with E-state index in [9.17, 15) is 0 Å². The first-order valence-corrected chi connectivity index (χ1v) is 5.58. The van der Waals surface area contributed by atoms with Crippen LogP contribution in [0.25, 0.3) is 0 Å². The standard InChI is InChI=1S/C10H11BrN4O/c11-8-3-1-2-7(4-8)6-13-10-15-14-9(5-12)16-10/h1-4H,5-6,12H2,(H,13,15). The van der Waals surface area contributed by atoms with Crippen molar-refractivity contribution in [3.05, 3.63) is 40.2 Å². The molecule has 6 heteroatoms. The van der Waals surface area contributed by atoms with Gasteiger partial charge in [0.15, 0.2) is 0 Å². The van der Waals surface area contributed by atoms with Gasteiger partial charge in [0.25, 0.3) is 0 Å². The van der Waals surface area contributed by atoms with Gasteiger partial charge in [0, 0.05) is 11.0 Å². The molecule has 0 saturated heterocycles. The van der Waals surface area contributed by atoms with E-state index in [0.717, 1.165) is 10.0 Å². The number of nitrogens with one attached hydrogen (secondary N) is 1. The van der Waals surface area contributed by atoms with Crippen molar-refractivity contribution in [1.29, 1.82) is 0 Å². The Hall–Kier alpha value is -1.40. The van der Waals surface area contributed by atoms with Crippen LogP contribution in [0.1, 0.15) is 11.5 Å². The molecule has 0 amide bonds. The molecule has 0 aliphatic rings. The summed E-state index contributed by atoms with van der Waals surface area (Å²) < 4.78 is 6.26. The lowest BCUT2D eigenvalue weighted by Gasteiger charge is -2.01. The summed E-state index contributed by atoms with van der Waals surface area (Å²) in [6.07, 6.45) is 0. The smallest absolute Gasteiger partial charge is 0.315 e. The Labute approximate surface area is 101 Å². The van der Waals surface area contributed by atoms with Crippen molar-refractivity contribution < 1.29 is 4.42 Å². The van der Waals surface area contributed by atoms with E-state index in [1.807, 2.05) is 24.3 Å². The third kappa shape index (κ3) is 2.80. The van der Waals surface area contributed by atoms with Gasteiger partial charge in [-0.1, -0.05) is 33.2 Å². The highest BCUT2D eigenvalue weighted by molar-refractivity contribution is 9.10. The van der Waals surface area contributed by atoms with E-state index in [1.165, 1.54) is 0 Å². The monoisotopic (exact) mass is 282 g/mol. The molecule has 0 aliphatic carbocycles. The molecule has 1 aromatic heterocycles. The van der Waals surface area contributed by atoms with E-state index in [0.29, 0.717) is 18.5 Å². The van der Waals surface area contributed by atoms with Crippen molar-refractivity contribution in [2.75, 3.05) is 5.32 Å². The van der Waals surface area contributed by atoms with Gasteiger partial charge in [-0.05, 0) is 17.7 Å². The van der Waals surface area contributed by atoms with Crippen LogP contribution in [0, 0.1) is 0 Å². The van der Waals surface area contributed by atoms with Crippen molar-refractivity contribution in [3.8, 4) is 0 Å². The minimum absolute atomic E-state index is 0.256. The van der Waals surface area contributed by atoms with Gasteiger partial charge in [0.05, 0.1) is 6.54 Å². The van der Waals surface area contributed by atoms with Crippen LogP contribution >= 0.6 is 15.9 Å². The van der Waals surface area contributed by atoms with E-state index in [4.69, 9.17) is 10.2 Å². The van der Waals surface area contributed by atoms with Crippen LogP contribution in [-0.4, -0.2) is 10.2 Å². The zero-order valence-electron chi connectivity index (χ0n) is 8.48. The van der Waals surface area contributed by atoms with Crippen LogP contribution < -0.4 is 11.1 Å². The summed E-state index contributed by atoms with van der Waals surface area (Å²) in [6, 6.07) is 8.37. The lowest BCUT2D eigenvalue weighted by Crippen LogP contribution is -1.99. The molecule has 2 aromatic rings. The number of nitrogens with zero attached hydrogens (tertiary/aromatic N) is 2. The number of nitrogens with two attached hydrogens (primary N) is 1. The molecule has 16 heavy (non-hydrogen) atoms. The van der Waals surface area contributed by atoms with E-state index in [2.05, 4.69) is 31.4 Å². The molecule has 0 saturated carbocycles. The summed E-state index contributed by atoms with van der Waals surface area (Å²) in [5.74, 6) is 0.428. The fourth-order valence-electron chi connectivity index (χ4n) is 1.23. The summed E-state index contributed by atoms with van der Waals surface area (Å²) in [5, 5.41) is 10.6. The Bertz CT molecular complexity index is 471. The zero-order valence-corrected chi connectivity index (χ0v) is 10.1. The van der Waals surface area contributed by atoms with Crippen LogP contribution in [0.5, 0.6) is 0 Å². The van der Waals surface area contributed by atoms with E-state index in [-0.39, 0.29) is 6.54 Å². The lowest BCUT2D eigenvalue weighted by molar-refractivity contribution is 0.507. The van der Waals surface area contributed by atoms with Gasteiger partial charge < -0.3 is 15.5 Å². The Morgan fingerprint density at radius 3 is 2.94 bits per heavy atom. The predicted octanol–water partition coefficient (Wildman–Crippen LogP) is 1.90. The molecule has 0 aliphatic heterocycles. The molecule has 5 nitrogen and oxygen atoms in total. The maximum atomic E-state index is 5.36. The summed E-state index contributed by atoms with van der Waals surface area (Å²) >= 11 is 3.41. The van der Waals surface area contributed by atoms with Gasteiger partial charge >= 0.3 is 6.01 Å². The number of aromatic nitrogens is 2. The van der Waals surface area contributed by atoms with Crippen molar-refractivity contribution >= 4 is 21.9 Å². The van der Waals surface area contributed by atoms with Gasteiger partial charge in [0.1, 0.15) is 0 Å². The largest absolute Gasteiger partial charge is 0.407 e. The van der Waals surface area contributed by atoms with Crippen LogP contribution in [0.2, 0.25) is 0 Å². The SMILES string of the molecule is NCc1nnc(NCc2cccc(Br)c2)o1. The predicted molar refractivity (Wildman–Crippen MR) is 63.7 cm³/mol. The molecule has 0 fully saturated rings. The van der Waals surface area contributed by atoms with Gasteiger partial charge in [0.2, 0.25) is 5.89 Å². The number of rotatable bonds is 4. The molecule has 0 bridgehead atoms. The minimum Gasteiger partial charge on any atom is -0.407 e. The van der Waals surface area contributed by atoms with Gasteiger partial charge in [-0.15, -0.1) is 5.10 Å². The van der Waals surface area contributed by atoms with E-state index >= 15 is 0 Å². The second kappa shape index (κ2) is 5.09. The molecule has 84 valence electrons. The lowest BCUT2D eigenvalue weighted by atomic mass is 10.2. The van der Waals surface area contributed by atoms with E-state index in [1.54, 1.807) is 0 Å². The maximum absolute atomic E-state index is 5.36. The molecule has 1 aromatic carbocycles. The zero-order chi connectivity index (χ0) is 11.4. The summed E-state index contributed by atoms with van der Waals surface area (Å²) in [5.41, 5.74) is 6.49.